The van der Waals surface area contributed by atoms with Crippen molar-refractivity contribution in [1.82, 2.24) is 9.80 Å². The highest BCUT2D eigenvalue weighted by Crippen LogP contribution is 2.37. The lowest BCUT2D eigenvalue weighted by Gasteiger charge is -2.35. The molecule has 2 aliphatic carbocycles. The molecular weight excluding hydrogens is 384 g/mol. The Morgan fingerprint density at radius 1 is 1.07 bits per heavy atom. The normalized spacial score (nSPS) is 22.4. The van der Waals surface area contributed by atoms with E-state index in [9.17, 15) is 19.5 Å². The molecule has 156 valence electrons. The molecule has 1 aromatic rings. The molecule has 1 aromatic carbocycles. The van der Waals surface area contributed by atoms with Gasteiger partial charge in [-0.25, -0.2) is 0 Å². The van der Waals surface area contributed by atoms with Gasteiger partial charge in [0.15, 0.2) is 11.9 Å². The molecule has 0 aromatic heterocycles. The first kappa shape index (κ1) is 20.1. The monoisotopic (exact) mass is 408 g/mol. The Labute approximate surface area is 174 Å². The van der Waals surface area contributed by atoms with Crippen LogP contribution >= 0.6 is 0 Å². The van der Waals surface area contributed by atoms with E-state index in [-0.39, 0.29) is 17.6 Å². The Morgan fingerprint density at radius 3 is 2.30 bits per heavy atom. The third kappa shape index (κ3) is 3.93. The number of hydrogen-bond donors (Lipinski definition) is 1. The van der Waals surface area contributed by atoms with Crippen LogP contribution in [0.2, 0.25) is 0 Å². The van der Waals surface area contributed by atoms with E-state index in [1.54, 1.807) is 34.1 Å². The Hall–Kier alpha value is -3.19. The van der Waals surface area contributed by atoms with E-state index >= 15 is 0 Å². The fraction of sp³-hybridized carbons (Fsp3) is 0.348. The van der Waals surface area contributed by atoms with Crippen molar-refractivity contribution in [3.8, 4) is 0 Å². The van der Waals surface area contributed by atoms with E-state index in [0.717, 1.165) is 11.1 Å². The van der Waals surface area contributed by atoms with Crippen LogP contribution in [-0.2, 0) is 14.3 Å². The van der Waals surface area contributed by atoms with Gasteiger partial charge in [0.2, 0.25) is 0 Å². The van der Waals surface area contributed by atoms with Crippen molar-refractivity contribution in [3.63, 3.8) is 0 Å². The van der Waals surface area contributed by atoms with Gasteiger partial charge in [-0.1, -0.05) is 24.8 Å². The van der Waals surface area contributed by atoms with Crippen LogP contribution in [0.5, 0.6) is 0 Å². The molecule has 1 saturated heterocycles. The summed E-state index contributed by atoms with van der Waals surface area (Å²) in [5.74, 6) is -0.447. The molecule has 0 spiro atoms. The maximum absolute atomic E-state index is 12.8. The number of hydrogen-bond acceptors (Lipinski definition) is 5. The first-order valence-corrected chi connectivity index (χ1v) is 10.0. The summed E-state index contributed by atoms with van der Waals surface area (Å²) in [4.78, 5) is 40.2. The van der Waals surface area contributed by atoms with E-state index < -0.39 is 11.7 Å². The highest BCUT2D eigenvalue weighted by atomic mass is 16.5. The predicted octanol–water partition coefficient (Wildman–Crippen LogP) is 1.55. The predicted molar refractivity (Wildman–Crippen MR) is 110 cm³/mol. The van der Waals surface area contributed by atoms with Crippen LogP contribution in [-0.4, -0.2) is 70.4 Å². The van der Waals surface area contributed by atoms with Crippen molar-refractivity contribution < 1.29 is 24.2 Å². The van der Waals surface area contributed by atoms with Gasteiger partial charge in [-0.15, -0.1) is 0 Å². The van der Waals surface area contributed by atoms with Crippen molar-refractivity contribution in [2.24, 2.45) is 0 Å². The van der Waals surface area contributed by atoms with Gasteiger partial charge in [0.25, 0.3) is 11.8 Å². The van der Waals surface area contributed by atoms with E-state index in [1.165, 1.54) is 12.3 Å². The van der Waals surface area contributed by atoms with Crippen molar-refractivity contribution in [3.05, 3.63) is 66.5 Å². The van der Waals surface area contributed by atoms with Gasteiger partial charge < -0.3 is 19.6 Å². The maximum Gasteiger partial charge on any atom is 0.254 e. The Morgan fingerprint density at radius 2 is 1.70 bits per heavy atom. The third-order valence-electron chi connectivity index (χ3n) is 5.72. The zero-order valence-corrected chi connectivity index (χ0v) is 16.6. The van der Waals surface area contributed by atoms with Crippen molar-refractivity contribution in [1.29, 1.82) is 0 Å². The highest BCUT2D eigenvalue weighted by molar-refractivity contribution is 6.02. The second-order valence-corrected chi connectivity index (χ2v) is 7.77. The minimum Gasteiger partial charge on any atom is -0.486 e. The van der Waals surface area contributed by atoms with E-state index in [0.29, 0.717) is 44.6 Å². The second-order valence-electron chi connectivity index (χ2n) is 7.77. The fourth-order valence-corrected chi connectivity index (χ4v) is 3.70. The first-order chi connectivity index (χ1) is 14.4. The molecule has 1 aliphatic heterocycles. The number of amides is 2. The molecule has 7 nitrogen and oxygen atoms in total. The van der Waals surface area contributed by atoms with Gasteiger partial charge in [-0.3, -0.25) is 14.4 Å². The van der Waals surface area contributed by atoms with Crippen LogP contribution in [0.4, 0.5) is 0 Å². The molecule has 4 rings (SSSR count). The first-order valence-electron chi connectivity index (χ1n) is 10.0. The SMILES string of the molecule is C=COC1C=C(c2ccc(C(=O)N3CCN(C(=O)C4(O)CC4)CC3)cc2)C=CC1=O. The molecule has 1 unspecified atom stereocenters. The summed E-state index contributed by atoms with van der Waals surface area (Å²) in [6.45, 7) is 5.24. The molecule has 3 aliphatic rings. The topological polar surface area (TPSA) is 87.2 Å². The minimum atomic E-state index is -1.16. The number of benzene rings is 1. The molecule has 7 heteroatoms. The standard InChI is InChI=1S/C23H24N2O5/c1-2-30-20-15-18(7-8-19(20)26)16-3-5-17(6-4-16)21(27)24-11-13-25(14-12-24)22(28)23(29)9-10-23/h2-8,15,20,29H,1,9-14H2. The fourth-order valence-electron chi connectivity index (χ4n) is 3.70. The van der Waals surface area contributed by atoms with Gasteiger partial charge in [0.1, 0.15) is 5.60 Å². The number of rotatable bonds is 5. The molecule has 30 heavy (non-hydrogen) atoms. The van der Waals surface area contributed by atoms with E-state index in [4.69, 9.17) is 4.74 Å². The van der Waals surface area contributed by atoms with Gasteiger partial charge in [0.05, 0.1) is 6.26 Å². The summed E-state index contributed by atoms with van der Waals surface area (Å²) in [7, 11) is 0. The maximum atomic E-state index is 12.8. The largest absolute Gasteiger partial charge is 0.486 e. The average Bonchev–Trinajstić information content (AvgIpc) is 3.53. The lowest BCUT2D eigenvalue weighted by Crippen LogP contribution is -2.53. The number of ketones is 1. The number of ether oxygens (including phenoxy) is 1. The summed E-state index contributed by atoms with van der Waals surface area (Å²) in [5, 5.41) is 9.98. The Bertz CT molecular complexity index is 935. The van der Waals surface area contributed by atoms with E-state index in [2.05, 4.69) is 6.58 Å². The van der Waals surface area contributed by atoms with Crippen LogP contribution < -0.4 is 0 Å². The second kappa shape index (κ2) is 7.91. The van der Waals surface area contributed by atoms with Crippen LogP contribution in [0.1, 0.15) is 28.8 Å². The lowest BCUT2D eigenvalue weighted by atomic mass is 9.96. The summed E-state index contributed by atoms with van der Waals surface area (Å²) in [6.07, 6.45) is 6.54. The van der Waals surface area contributed by atoms with Crippen molar-refractivity contribution >= 4 is 23.2 Å². The Kier molecular flexibility index (Phi) is 5.30. The van der Waals surface area contributed by atoms with Crippen LogP contribution in [0.15, 0.2) is 55.3 Å². The summed E-state index contributed by atoms with van der Waals surface area (Å²) in [6, 6.07) is 7.20. The molecule has 1 N–H and O–H groups in total. The molecule has 1 atom stereocenters. The molecule has 2 fully saturated rings. The quantitative estimate of drug-likeness (QED) is 0.747. The van der Waals surface area contributed by atoms with E-state index in [1.807, 2.05) is 12.1 Å². The van der Waals surface area contributed by atoms with Gasteiger partial charge in [0, 0.05) is 31.7 Å². The summed E-state index contributed by atoms with van der Waals surface area (Å²) < 4.78 is 5.22. The zero-order valence-electron chi connectivity index (χ0n) is 16.6. The molecule has 0 bridgehead atoms. The van der Waals surface area contributed by atoms with Crippen molar-refractivity contribution in [2.75, 3.05) is 26.2 Å². The Balaban J connectivity index is 1.38. The number of aliphatic hydroxyl groups is 1. The van der Waals surface area contributed by atoms with Crippen LogP contribution in [0, 0.1) is 0 Å². The van der Waals surface area contributed by atoms with Gasteiger partial charge in [-0.2, -0.15) is 0 Å². The number of carbonyl (C=O) groups is 3. The molecule has 1 saturated carbocycles. The minimum absolute atomic E-state index is 0.0880. The average molecular weight is 408 g/mol. The van der Waals surface area contributed by atoms with Crippen LogP contribution in [0.25, 0.3) is 5.57 Å². The summed E-state index contributed by atoms with van der Waals surface area (Å²) in [5.41, 5.74) is 1.12. The zero-order chi connectivity index (χ0) is 21.3. The molecule has 1 heterocycles. The number of carbonyl (C=O) groups excluding carboxylic acids is 3. The third-order valence-corrected chi connectivity index (χ3v) is 5.72. The molecule has 0 radical (unpaired) electrons. The molecule has 2 amide bonds. The molecular formula is C23H24N2O5. The number of allylic oxidation sites excluding steroid dienone is 2. The van der Waals surface area contributed by atoms with Gasteiger partial charge in [-0.05, 0) is 48.3 Å². The number of nitrogens with zero attached hydrogens (tertiary/aromatic N) is 2. The lowest BCUT2D eigenvalue weighted by molar-refractivity contribution is -0.143. The summed E-state index contributed by atoms with van der Waals surface area (Å²) >= 11 is 0. The number of piperazine rings is 1. The van der Waals surface area contributed by atoms with Crippen LogP contribution in [0.3, 0.4) is 0 Å². The highest BCUT2D eigenvalue weighted by Gasteiger charge is 2.50. The smallest absolute Gasteiger partial charge is 0.254 e. The van der Waals surface area contributed by atoms with Crippen molar-refractivity contribution in [2.45, 2.75) is 24.5 Å². The van der Waals surface area contributed by atoms with Gasteiger partial charge >= 0.3 is 0 Å².